The molecule has 1 heterocycles. The first kappa shape index (κ1) is 15.8. The SMILES string of the molecule is COc1ccc([C@@H]2CCCCCN2C(=O)[C@H]2C[C@@H]2[N+](=O)[O-])cc1. The van der Waals surface area contributed by atoms with Crippen LogP contribution in [0.5, 0.6) is 5.75 Å². The predicted octanol–water partition coefficient (Wildman–Crippen LogP) is 2.80. The Kier molecular flexibility index (Phi) is 4.50. The lowest BCUT2D eigenvalue weighted by Gasteiger charge is -2.30. The van der Waals surface area contributed by atoms with E-state index in [1.807, 2.05) is 29.2 Å². The van der Waals surface area contributed by atoms with Crippen LogP contribution in [0.2, 0.25) is 0 Å². The van der Waals surface area contributed by atoms with Crippen molar-refractivity contribution in [2.75, 3.05) is 13.7 Å². The maximum absolute atomic E-state index is 12.7. The second-order valence-electron chi connectivity index (χ2n) is 6.36. The summed E-state index contributed by atoms with van der Waals surface area (Å²) in [4.78, 5) is 25.2. The van der Waals surface area contributed by atoms with Crippen molar-refractivity contribution in [3.63, 3.8) is 0 Å². The molecule has 1 saturated carbocycles. The number of methoxy groups -OCH3 is 1. The Balaban J connectivity index is 1.79. The lowest BCUT2D eigenvalue weighted by atomic mass is 10.00. The number of hydrogen-bond acceptors (Lipinski definition) is 4. The molecule has 1 aliphatic carbocycles. The summed E-state index contributed by atoms with van der Waals surface area (Å²) in [6.45, 7) is 0.691. The van der Waals surface area contributed by atoms with Crippen LogP contribution in [0, 0.1) is 16.0 Å². The minimum atomic E-state index is -0.678. The van der Waals surface area contributed by atoms with Crippen molar-refractivity contribution < 1.29 is 14.5 Å². The first-order chi connectivity index (χ1) is 11.1. The number of likely N-dealkylation sites (tertiary alicyclic amines) is 1. The Labute approximate surface area is 135 Å². The van der Waals surface area contributed by atoms with E-state index in [0.29, 0.717) is 13.0 Å². The van der Waals surface area contributed by atoms with Crippen LogP contribution in [0.3, 0.4) is 0 Å². The summed E-state index contributed by atoms with van der Waals surface area (Å²) in [6, 6.07) is 7.13. The van der Waals surface area contributed by atoms with Crippen LogP contribution in [-0.4, -0.2) is 35.4 Å². The van der Waals surface area contributed by atoms with Gasteiger partial charge in [-0.1, -0.05) is 25.0 Å². The van der Waals surface area contributed by atoms with E-state index in [9.17, 15) is 14.9 Å². The third-order valence-electron chi connectivity index (χ3n) is 4.88. The maximum atomic E-state index is 12.7. The van der Waals surface area contributed by atoms with E-state index in [1.54, 1.807) is 7.11 Å². The molecule has 124 valence electrons. The zero-order valence-electron chi connectivity index (χ0n) is 13.3. The zero-order valence-corrected chi connectivity index (χ0v) is 13.3. The van der Waals surface area contributed by atoms with Crippen molar-refractivity contribution in [3.05, 3.63) is 39.9 Å². The van der Waals surface area contributed by atoms with Crippen LogP contribution in [0.1, 0.15) is 43.7 Å². The van der Waals surface area contributed by atoms with Gasteiger partial charge in [0.2, 0.25) is 11.9 Å². The highest BCUT2D eigenvalue weighted by Gasteiger charge is 2.55. The van der Waals surface area contributed by atoms with Gasteiger partial charge in [-0.2, -0.15) is 0 Å². The van der Waals surface area contributed by atoms with Gasteiger partial charge in [-0.05, 0) is 30.5 Å². The van der Waals surface area contributed by atoms with E-state index in [1.165, 1.54) is 0 Å². The summed E-state index contributed by atoms with van der Waals surface area (Å²) in [7, 11) is 1.63. The fourth-order valence-electron chi connectivity index (χ4n) is 3.44. The highest BCUT2D eigenvalue weighted by Crippen LogP contribution is 2.39. The lowest BCUT2D eigenvalue weighted by Crippen LogP contribution is -2.37. The van der Waals surface area contributed by atoms with Gasteiger partial charge in [0.1, 0.15) is 11.7 Å². The maximum Gasteiger partial charge on any atom is 0.233 e. The molecule has 0 bridgehead atoms. The monoisotopic (exact) mass is 318 g/mol. The molecule has 2 aliphatic rings. The average molecular weight is 318 g/mol. The second kappa shape index (κ2) is 6.56. The molecule has 3 rings (SSSR count). The minimum Gasteiger partial charge on any atom is -0.497 e. The first-order valence-corrected chi connectivity index (χ1v) is 8.19. The van der Waals surface area contributed by atoms with Crippen molar-refractivity contribution in [3.8, 4) is 5.75 Å². The Hall–Kier alpha value is -2.11. The molecule has 0 aromatic heterocycles. The number of carbonyl (C=O) groups is 1. The molecule has 2 fully saturated rings. The van der Waals surface area contributed by atoms with Crippen LogP contribution in [0.15, 0.2) is 24.3 Å². The van der Waals surface area contributed by atoms with Gasteiger partial charge in [-0.3, -0.25) is 14.9 Å². The van der Waals surface area contributed by atoms with Gasteiger partial charge >= 0.3 is 0 Å². The molecule has 1 amide bonds. The second-order valence-corrected chi connectivity index (χ2v) is 6.36. The molecule has 1 aliphatic heterocycles. The number of nitrogens with zero attached hydrogens (tertiary/aromatic N) is 2. The number of amides is 1. The van der Waals surface area contributed by atoms with Crippen LogP contribution in [-0.2, 0) is 4.79 Å². The van der Waals surface area contributed by atoms with Gasteiger partial charge < -0.3 is 9.64 Å². The minimum absolute atomic E-state index is 0.0175. The summed E-state index contributed by atoms with van der Waals surface area (Å²) in [5.41, 5.74) is 1.08. The van der Waals surface area contributed by atoms with Crippen molar-refractivity contribution in [2.45, 2.75) is 44.2 Å². The number of nitro groups is 1. The fourth-order valence-corrected chi connectivity index (χ4v) is 3.44. The molecular formula is C17H22N2O4. The molecule has 23 heavy (non-hydrogen) atoms. The molecule has 6 nitrogen and oxygen atoms in total. The molecule has 3 atom stereocenters. The largest absolute Gasteiger partial charge is 0.497 e. The Bertz CT molecular complexity index is 587. The third-order valence-corrected chi connectivity index (χ3v) is 4.88. The van der Waals surface area contributed by atoms with Crippen molar-refractivity contribution in [1.82, 2.24) is 4.90 Å². The topological polar surface area (TPSA) is 72.7 Å². The van der Waals surface area contributed by atoms with Gasteiger partial charge in [-0.25, -0.2) is 0 Å². The van der Waals surface area contributed by atoms with E-state index < -0.39 is 12.0 Å². The standard InChI is InChI=1S/C17H22N2O4/c1-23-13-8-6-12(7-9-13)15-5-3-2-4-10-18(15)17(20)14-11-16(14)19(21)22/h6-9,14-16H,2-5,10-11H2,1H3/t14-,15-,16-/m0/s1. The molecule has 0 N–H and O–H groups in total. The van der Waals surface area contributed by atoms with Gasteiger partial charge in [0.05, 0.1) is 13.2 Å². The van der Waals surface area contributed by atoms with E-state index >= 15 is 0 Å². The number of ether oxygens (including phenoxy) is 1. The van der Waals surface area contributed by atoms with Crippen molar-refractivity contribution in [2.24, 2.45) is 5.92 Å². The van der Waals surface area contributed by atoms with Crippen LogP contribution >= 0.6 is 0 Å². The quantitative estimate of drug-likeness (QED) is 0.632. The van der Waals surface area contributed by atoms with E-state index in [-0.39, 0.29) is 16.9 Å². The average Bonchev–Trinajstić information content (AvgIpc) is 3.37. The molecule has 1 aromatic rings. The van der Waals surface area contributed by atoms with E-state index in [2.05, 4.69) is 0 Å². The van der Waals surface area contributed by atoms with Crippen LogP contribution in [0.25, 0.3) is 0 Å². The van der Waals surface area contributed by atoms with Crippen LogP contribution < -0.4 is 4.74 Å². The normalized spacial score (nSPS) is 27.2. The third kappa shape index (κ3) is 3.30. The number of hydrogen-bond donors (Lipinski definition) is 0. The van der Waals surface area contributed by atoms with Crippen molar-refractivity contribution in [1.29, 1.82) is 0 Å². The Morgan fingerprint density at radius 2 is 2.00 bits per heavy atom. The molecule has 1 saturated heterocycles. The van der Waals surface area contributed by atoms with Gasteiger partial charge in [0, 0.05) is 17.9 Å². The molecule has 0 spiro atoms. The van der Waals surface area contributed by atoms with Gasteiger partial charge in [0.25, 0.3) is 0 Å². The fraction of sp³-hybridized carbons (Fsp3) is 0.588. The van der Waals surface area contributed by atoms with Crippen LogP contribution in [0.4, 0.5) is 0 Å². The summed E-state index contributed by atoms with van der Waals surface area (Å²) in [6.07, 6.45) is 4.43. The van der Waals surface area contributed by atoms with Gasteiger partial charge in [-0.15, -0.1) is 0 Å². The lowest BCUT2D eigenvalue weighted by molar-refractivity contribution is -0.497. The molecule has 0 radical (unpaired) electrons. The Morgan fingerprint density at radius 1 is 1.26 bits per heavy atom. The number of carbonyl (C=O) groups excluding carboxylic acids is 1. The highest BCUT2D eigenvalue weighted by molar-refractivity contribution is 5.82. The van der Waals surface area contributed by atoms with E-state index in [4.69, 9.17) is 4.74 Å². The first-order valence-electron chi connectivity index (χ1n) is 8.19. The highest BCUT2D eigenvalue weighted by atomic mass is 16.6. The molecular weight excluding hydrogens is 296 g/mol. The number of rotatable bonds is 4. The summed E-state index contributed by atoms with van der Waals surface area (Å²) < 4.78 is 5.19. The summed E-state index contributed by atoms with van der Waals surface area (Å²) in [5.74, 6) is 0.314. The molecule has 0 unspecified atom stereocenters. The van der Waals surface area contributed by atoms with E-state index in [0.717, 1.165) is 37.0 Å². The summed E-state index contributed by atoms with van der Waals surface area (Å²) in [5, 5.41) is 10.9. The molecule has 1 aromatic carbocycles. The predicted molar refractivity (Wildman–Crippen MR) is 84.8 cm³/mol. The summed E-state index contributed by atoms with van der Waals surface area (Å²) >= 11 is 0. The zero-order chi connectivity index (χ0) is 16.4. The van der Waals surface area contributed by atoms with Gasteiger partial charge in [0.15, 0.2) is 0 Å². The smallest absolute Gasteiger partial charge is 0.233 e. The Morgan fingerprint density at radius 3 is 2.61 bits per heavy atom. The van der Waals surface area contributed by atoms with Crippen molar-refractivity contribution >= 4 is 5.91 Å². The molecule has 6 heteroatoms. The number of benzene rings is 1.